The van der Waals surface area contributed by atoms with Crippen LogP contribution < -0.4 is 10.1 Å². The molecular formula is C16H13BrFNO2. The van der Waals surface area contributed by atoms with E-state index in [1.54, 1.807) is 18.2 Å². The molecule has 0 fully saturated rings. The molecule has 0 atom stereocenters. The van der Waals surface area contributed by atoms with Gasteiger partial charge in [-0.15, -0.1) is 0 Å². The first kappa shape index (κ1) is 14.1. The molecule has 108 valence electrons. The van der Waals surface area contributed by atoms with E-state index in [-0.39, 0.29) is 18.0 Å². The van der Waals surface area contributed by atoms with E-state index in [0.29, 0.717) is 22.4 Å². The monoisotopic (exact) mass is 349 g/mol. The van der Waals surface area contributed by atoms with Gasteiger partial charge in [-0.1, -0.05) is 12.1 Å². The smallest absolute Gasteiger partial charge is 0.171 e. The molecule has 5 heteroatoms. The third kappa shape index (κ3) is 2.93. The molecule has 0 saturated carbocycles. The Morgan fingerprint density at radius 2 is 2.19 bits per heavy atom. The van der Waals surface area contributed by atoms with Gasteiger partial charge < -0.3 is 10.1 Å². The van der Waals surface area contributed by atoms with Crippen LogP contribution >= 0.6 is 15.9 Å². The van der Waals surface area contributed by atoms with Crippen molar-refractivity contribution in [3.8, 4) is 5.75 Å². The fourth-order valence-electron chi connectivity index (χ4n) is 2.32. The number of benzene rings is 2. The molecule has 1 aliphatic rings. The molecule has 0 bridgehead atoms. The molecule has 3 rings (SSSR count). The fourth-order valence-corrected chi connectivity index (χ4v) is 2.75. The van der Waals surface area contributed by atoms with Crippen molar-refractivity contribution in [2.75, 3.05) is 18.5 Å². The zero-order valence-electron chi connectivity index (χ0n) is 11.2. The van der Waals surface area contributed by atoms with E-state index in [4.69, 9.17) is 4.74 Å². The van der Waals surface area contributed by atoms with Crippen molar-refractivity contribution in [3.63, 3.8) is 0 Å². The predicted octanol–water partition coefficient (Wildman–Crippen LogP) is 3.82. The summed E-state index contributed by atoms with van der Waals surface area (Å²) in [4.78, 5) is 12.5. The van der Waals surface area contributed by atoms with Crippen LogP contribution in [0.5, 0.6) is 5.75 Å². The largest absolute Gasteiger partial charge is 0.489 e. The third-order valence-corrected chi connectivity index (χ3v) is 3.94. The van der Waals surface area contributed by atoms with Crippen molar-refractivity contribution < 1.29 is 13.9 Å². The van der Waals surface area contributed by atoms with Crippen molar-refractivity contribution in [2.45, 2.75) is 6.42 Å². The maximum Gasteiger partial charge on any atom is 0.171 e. The highest BCUT2D eigenvalue weighted by Crippen LogP contribution is 2.32. The van der Waals surface area contributed by atoms with Crippen molar-refractivity contribution in [1.29, 1.82) is 0 Å². The van der Waals surface area contributed by atoms with Crippen LogP contribution in [-0.2, 0) is 6.42 Å². The molecule has 21 heavy (non-hydrogen) atoms. The lowest BCUT2D eigenvalue weighted by Gasteiger charge is -2.21. The molecule has 1 aliphatic heterocycles. The summed E-state index contributed by atoms with van der Waals surface area (Å²) in [5.74, 6) is 0.222. The first-order valence-corrected chi connectivity index (χ1v) is 7.41. The minimum atomic E-state index is -0.337. The summed E-state index contributed by atoms with van der Waals surface area (Å²) in [7, 11) is 0. The Morgan fingerprint density at radius 1 is 1.33 bits per heavy atom. The van der Waals surface area contributed by atoms with Crippen molar-refractivity contribution in [3.05, 3.63) is 57.8 Å². The van der Waals surface area contributed by atoms with Crippen molar-refractivity contribution in [2.24, 2.45) is 0 Å². The summed E-state index contributed by atoms with van der Waals surface area (Å²) in [5.41, 5.74) is 2.15. The maximum atomic E-state index is 13.2. The summed E-state index contributed by atoms with van der Waals surface area (Å²) >= 11 is 3.13. The number of anilines is 1. The molecule has 2 aromatic carbocycles. The first-order valence-electron chi connectivity index (χ1n) is 6.62. The van der Waals surface area contributed by atoms with Gasteiger partial charge in [0, 0.05) is 13.0 Å². The highest BCUT2D eigenvalue weighted by molar-refractivity contribution is 9.10. The Bertz CT molecular complexity index is 703. The second-order valence-corrected chi connectivity index (χ2v) is 5.66. The number of hydrogen-bond donors (Lipinski definition) is 1. The number of carbonyl (C=O) groups is 1. The summed E-state index contributed by atoms with van der Waals surface area (Å²) in [6, 6.07) is 10.1. The molecule has 1 heterocycles. The minimum Gasteiger partial charge on any atom is -0.489 e. The average Bonchev–Trinajstić information content (AvgIpc) is 2.50. The molecule has 0 amide bonds. The van der Waals surface area contributed by atoms with Gasteiger partial charge in [0.05, 0.1) is 15.7 Å². The van der Waals surface area contributed by atoms with Crippen LogP contribution in [-0.4, -0.2) is 18.9 Å². The van der Waals surface area contributed by atoms with Gasteiger partial charge in [-0.2, -0.15) is 0 Å². The first-order chi connectivity index (χ1) is 10.1. The summed E-state index contributed by atoms with van der Waals surface area (Å²) in [5, 5.41) is 3.20. The SMILES string of the molecule is O=C(Cc1ccc(F)c(Br)c1)c1cccc2c1OCCN2. The Morgan fingerprint density at radius 3 is 3.00 bits per heavy atom. The van der Waals surface area contributed by atoms with Crippen LogP contribution in [0.2, 0.25) is 0 Å². The quantitative estimate of drug-likeness (QED) is 0.856. The standard InChI is InChI=1S/C16H13BrFNO2/c17-12-8-10(4-5-13(12)18)9-15(20)11-2-1-3-14-16(11)21-7-6-19-14/h1-5,8,19H,6-7,9H2. The Hall–Kier alpha value is -1.88. The number of para-hydroxylation sites is 1. The lowest BCUT2D eigenvalue weighted by molar-refractivity contribution is 0.0989. The van der Waals surface area contributed by atoms with Crippen molar-refractivity contribution in [1.82, 2.24) is 0 Å². The van der Waals surface area contributed by atoms with E-state index in [0.717, 1.165) is 17.8 Å². The van der Waals surface area contributed by atoms with Gasteiger partial charge >= 0.3 is 0 Å². The third-order valence-electron chi connectivity index (χ3n) is 3.33. The molecule has 3 nitrogen and oxygen atoms in total. The van der Waals surface area contributed by atoms with Crippen LogP contribution in [0.4, 0.5) is 10.1 Å². The summed E-state index contributed by atoms with van der Waals surface area (Å²) in [6.45, 7) is 1.27. The zero-order valence-corrected chi connectivity index (χ0v) is 12.7. The number of Topliss-reactive ketones (excluding diaryl/α,β-unsaturated/α-hetero) is 1. The number of nitrogens with one attached hydrogen (secondary N) is 1. The van der Waals surface area contributed by atoms with Gasteiger partial charge in [0.2, 0.25) is 0 Å². The number of ether oxygens (including phenoxy) is 1. The minimum absolute atomic E-state index is 0.0472. The van der Waals surface area contributed by atoms with E-state index in [1.807, 2.05) is 12.1 Å². The van der Waals surface area contributed by atoms with E-state index >= 15 is 0 Å². The van der Waals surface area contributed by atoms with Crippen molar-refractivity contribution >= 4 is 27.4 Å². The molecule has 0 aliphatic carbocycles. The Kier molecular flexibility index (Phi) is 3.92. The van der Waals surface area contributed by atoms with Crippen LogP contribution in [0.15, 0.2) is 40.9 Å². The number of ketones is 1. The van der Waals surface area contributed by atoms with E-state index in [9.17, 15) is 9.18 Å². The lowest BCUT2D eigenvalue weighted by Crippen LogP contribution is -2.20. The number of fused-ring (bicyclic) bond motifs is 1. The number of carbonyl (C=O) groups excluding carboxylic acids is 1. The number of halogens is 2. The van der Waals surface area contributed by atoms with Crippen LogP contribution in [0, 0.1) is 5.82 Å². The summed E-state index contributed by atoms with van der Waals surface area (Å²) < 4.78 is 19.2. The Labute approximate surface area is 130 Å². The van der Waals surface area contributed by atoms with Crippen LogP contribution in [0.25, 0.3) is 0 Å². The topological polar surface area (TPSA) is 38.3 Å². The average molecular weight is 350 g/mol. The van der Waals surface area contributed by atoms with E-state index < -0.39 is 0 Å². The van der Waals surface area contributed by atoms with E-state index in [1.165, 1.54) is 6.07 Å². The van der Waals surface area contributed by atoms with Crippen LogP contribution in [0.1, 0.15) is 15.9 Å². The molecule has 0 saturated heterocycles. The normalized spacial score (nSPS) is 13.0. The fraction of sp³-hybridized carbons (Fsp3) is 0.188. The highest BCUT2D eigenvalue weighted by Gasteiger charge is 2.19. The number of hydrogen-bond acceptors (Lipinski definition) is 3. The van der Waals surface area contributed by atoms with Gasteiger partial charge in [0.1, 0.15) is 12.4 Å². The molecule has 0 unspecified atom stereocenters. The predicted molar refractivity (Wildman–Crippen MR) is 82.6 cm³/mol. The maximum absolute atomic E-state index is 13.2. The van der Waals surface area contributed by atoms with Crippen LogP contribution in [0.3, 0.4) is 0 Å². The highest BCUT2D eigenvalue weighted by atomic mass is 79.9. The Balaban J connectivity index is 1.87. The van der Waals surface area contributed by atoms with Gasteiger partial charge in [-0.3, -0.25) is 4.79 Å². The number of rotatable bonds is 3. The van der Waals surface area contributed by atoms with Gasteiger partial charge in [-0.05, 0) is 45.8 Å². The molecular weight excluding hydrogens is 337 g/mol. The van der Waals surface area contributed by atoms with Gasteiger partial charge in [0.15, 0.2) is 11.5 Å². The second kappa shape index (κ2) is 5.85. The molecule has 2 aromatic rings. The molecule has 0 aromatic heterocycles. The van der Waals surface area contributed by atoms with E-state index in [2.05, 4.69) is 21.2 Å². The van der Waals surface area contributed by atoms with Gasteiger partial charge in [-0.25, -0.2) is 4.39 Å². The molecule has 0 radical (unpaired) electrons. The molecule has 1 N–H and O–H groups in total. The zero-order chi connectivity index (χ0) is 14.8. The lowest BCUT2D eigenvalue weighted by atomic mass is 10.0. The van der Waals surface area contributed by atoms with Gasteiger partial charge in [0.25, 0.3) is 0 Å². The second-order valence-electron chi connectivity index (χ2n) is 4.81. The molecule has 0 spiro atoms. The summed E-state index contributed by atoms with van der Waals surface area (Å²) in [6.07, 6.45) is 0.207.